The van der Waals surface area contributed by atoms with Crippen molar-refractivity contribution in [3.63, 3.8) is 0 Å². The van der Waals surface area contributed by atoms with E-state index in [1.807, 2.05) is 13.8 Å². The van der Waals surface area contributed by atoms with Crippen LogP contribution in [0.3, 0.4) is 0 Å². The monoisotopic (exact) mass is 554 g/mol. The van der Waals surface area contributed by atoms with Gasteiger partial charge in [-0.3, -0.25) is 24.0 Å². The van der Waals surface area contributed by atoms with E-state index in [4.69, 9.17) is 5.73 Å². The number of nitrogens with two attached hydrogens (primary N) is 1. The SMILES string of the molecule is CC(C)C[C@H](NC(=O)[C@@H]1CCCN1C(=O)[C@H](C)NC(=O)CNC(=O)[C@@H](N)C(C)C)C(=O)N[C@H](C(=O)O)C(C)C. The molecular formula is C26H46N6O7. The van der Waals surface area contributed by atoms with Crippen molar-refractivity contribution in [2.75, 3.05) is 13.1 Å². The third-order valence-electron chi connectivity index (χ3n) is 6.60. The van der Waals surface area contributed by atoms with Gasteiger partial charge in [-0.25, -0.2) is 4.79 Å². The maximum Gasteiger partial charge on any atom is 0.326 e. The van der Waals surface area contributed by atoms with Crippen LogP contribution >= 0.6 is 0 Å². The summed E-state index contributed by atoms with van der Waals surface area (Å²) in [6.07, 6.45) is 1.21. The van der Waals surface area contributed by atoms with Gasteiger partial charge in [-0.05, 0) is 43.9 Å². The molecule has 1 aliphatic heterocycles. The Morgan fingerprint density at radius 2 is 1.51 bits per heavy atom. The topological polar surface area (TPSA) is 200 Å². The summed E-state index contributed by atoms with van der Waals surface area (Å²) < 4.78 is 0. The molecule has 5 atom stereocenters. The van der Waals surface area contributed by atoms with Crippen LogP contribution in [0.25, 0.3) is 0 Å². The summed E-state index contributed by atoms with van der Waals surface area (Å²) in [5, 5.41) is 19.6. The Balaban J connectivity index is 2.83. The predicted octanol–water partition coefficient (Wildman–Crippen LogP) is -0.662. The lowest BCUT2D eigenvalue weighted by atomic mass is 10.00. The van der Waals surface area contributed by atoms with E-state index in [2.05, 4.69) is 21.3 Å². The number of carbonyl (C=O) groups excluding carboxylic acids is 5. The average molecular weight is 555 g/mol. The van der Waals surface area contributed by atoms with Crippen molar-refractivity contribution >= 4 is 35.5 Å². The molecule has 0 spiro atoms. The molecule has 1 fully saturated rings. The first kappa shape index (κ1) is 33.8. The van der Waals surface area contributed by atoms with Gasteiger partial charge < -0.3 is 37.0 Å². The lowest BCUT2D eigenvalue weighted by Crippen LogP contribution is -2.58. The van der Waals surface area contributed by atoms with Gasteiger partial charge in [-0.1, -0.05) is 41.5 Å². The van der Waals surface area contributed by atoms with Crippen LogP contribution < -0.4 is 27.0 Å². The molecule has 0 saturated carbocycles. The smallest absolute Gasteiger partial charge is 0.326 e. The van der Waals surface area contributed by atoms with Crippen LogP contribution in [0.2, 0.25) is 0 Å². The first-order chi connectivity index (χ1) is 18.1. The lowest BCUT2D eigenvalue weighted by molar-refractivity contribution is -0.144. The van der Waals surface area contributed by atoms with Crippen LogP contribution in [-0.4, -0.2) is 88.8 Å². The molecule has 5 amide bonds. The fraction of sp³-hybridized carbons (Fsp3) is 0.769. The Morgan fingerprint density at radius 3 is 2.03 bits per heavy atom. The minimum absolute atomic E-state index is 0.0236. The van der Waals surface area contributed by atoms with Crippen LogP contribution in [-0.2, 0) is 28.8 Å². The largest absolute Gasteiger partial charge is 0.480 e. The molecule has 1 saturated heterocycles. The summed E-state index contributed by atoms with van der Waals surface area (Å²) in [5.74, 6) is -4.25. The minimum Gasteiger partial charge on any atom is -0.480 e. The number of aliphatic carboxylic acids is 1. The van der Waals surface area contributed by atoms with Crippen LogP contribution in [0.15, 0.2) is 0 Å². The average Bonchev–Trinajstić information content (AvgIpc) is 3.33. The number of nitrogens with zero attached hydrogens (tertiary/aromatic N) is 1. The highest BCUT2D eigenvalue weighted by Crippen LogP contribution is 2.19. The number of amides is 5. The summed E-state index contributed by atoms with van der Waals surface area (Å²) >= 11 is 0. The zero-order valence-corrected chi connectivity index (χ0v) is 24.1. The first-order valence-electron chi connectivity index (χ1n) is 13.5. The van der Waals surface area contributed by atoms with E-state index in [0.717, 1.165) is 0 Å². The van der Waals surface area contributed by atoms with Gasteiger partial charge in [0, 0.05) is 6.54 Å². The van der Waals surface area contributed by atoms with Crippen molar-refractivity contribution in [1.29, 1.82) is 0 Å². The van der Waals surface area contributed by atoms with Gasteiger partial charge in [0.15, 0.2) is 0 Å². The van der Waals surface area contributed by atoms with Crippen molar-refractivity contribution in [3.8, 4) is 0 Å². The summed E-state index contributed by atoms with van der Waals surface area (Å²) in [6, 6.07) is -4.65. The summed E-state index contributed by atoms with van der Waals surface area (Å²) in [7, 11) is 0. The maximum absolute atomic E-state index is 13.2. The van der Waals surface area contributed by atoms with Gasteiger partial charge in [-0.15, -0.1) is 0 Å². The molecule has 13 heteroatoms. The lowest BCUT2D eigenvalue weighted by Gasteiger charge is -2.29. The highest BCUT2D eigenvalue weighted by atomic mass is 16.4. The molecular weight excluding hydrogens is 508 g/mol. The van der Waals surface area contributed by atoms with E-state index in [1.165, 1.54) is 11.8 Å². The molecule has 0 aliphatic carbocycles. The molecule has 1 aliphatic rings. The Kier molecular flexibility index (Phi) is 13.3. The number of carboxylic acids is 1. The van der Waals surface area contributed by atoms with Gasteiger partial charge in [0.2, 0.25) is 29.5 Å². The van der Waals surface area contributed by atoms with Crippen LogP contribution in [0.1, 0.15) is 67.7 Å². The van der Waals surface area contributed by atoms with Crippen molar-refractivity contribution in [3.05, 3.63) is 0 Å². The molecule has 222 valence electrons. The van der Waals surface area contributed by atoms with E-state index < -0.39 is 65.7 Å². The van der Waals surface area contributed by atoms with Crippen molar-refractivity contribution in [2.45, 2.75) is 97.9 Å². The standard InChI is InChI=1S/C26H46N6O7/c1-13(2)11-17(22(34)31-21(15(5)6)26(38)39)30-23(35)18-9-8-10-32(18)25(37)16(7)29-19(33)12-28-24(36)20(27)14(3)4/h13-18,20-21H,8-12,27H2,1-7H3,(H,28,36)(H,29,33)(H,30,35)(H,31,34)(H,38,39)/t16-,17-,18-,20-,21-/m0/s1. The zero-order valence-electron chi connectivity index (χ0n) is 24.1. The fourth-order valence-electron chi connectivity index (χ4n) is 4.23. The van der Waals surface area contributed by atoms with E-state index >= 15 is 0 Å². The van der Waals surface area contributed by atoms with Gasteiger partial charge >= 0.3 is 5.97 Å². The third-order valence-corrected chi connectivity index (χ3v) is 6.60. The molecule has 0 aromatic heterocycles. The second kappa shape index (κ2) is 15.4. The fourth-order valence-corrected chi connectivity index (χ4v) is 4.23. The molecule has 0 bridgehead atoms. The Morgan fingerprint density at radius 1 is 0.897 bits per heavy atom. The third kappa shape index (κ3) is 10.5. The van der Waals surface area contributed by atoms with Gasteiger partial charge in [-0.2, -0.15) is 0 Å². The number of likely N-dealkylation sites (tertiary alicyclic amines) is 1. The number of rotatable bonds is 14. The molecule has 39 heavy (non-hydrogen) atoms. The molecule has 0 radical (unpaired) electrons. The summed E-state index contributed by atoms with van der Waals surface area (Å²) in [4.78, 5) is 76.4. The Labute approximate surface area is 230 Å². The minimum atomic E-state index is -1.17. The van der Waals surface area contributed by atoms with E-state index in [9.17, 15) is 33.9 Å². The van der Waals surface area contributed by atoms with Gasteiger partial charge in [0.25, 0.3) is 0 Å². The zero-order chi connectivity index (χ0) is 30.0. The molecule has 1 rings (SSSR count). The highest BCUT2D eigenvalue weighted by molar-refractivity contribution is 5.95. The van der Waals surface area contributed by atoms with Gasteiger partial charge in [0.1, 0.15) is 24.2 Å². The normalized spacial score (nSPS) is 18.3. The van der Waals surface area contributed by atoms with Crippen LogP contribution in [0, 0.1) is 17.8 Å². The number of carboxylic acid groups (broad SMARTS) is 1. The summed E-state index contributed by atoms with van der Waals surface area (Å²) in [6.45, 7) is 12.1. The number of hydrogen-bond acceptors (Lipinski definition) is 7. The molecule has 7 N–H and O–H groups in total. The molecule has 0 unspecified atom stereocenters. The molecule has 13 nitrogen and oxygen atoms in total. The van der Waals surface area contributed by atoms with Crippen LogP contribution in [0.5, 0.6) is 0 Å². The molecule has 1 heterocycles. The van der Waals surface area contributed by atoms with Crippen molar-refractivity contribution < 1.29 is 33.9 Å². The summed E-state index contributed by atoms with van der Waals surface area (Å²) in [5.41, 5.74) is 5.76. The van der Waals surface area contributed by atoms with E-state index in [-0.39, 0.29) is 30.7 Å². The highest BCUT2D eigenvalue weighted by Gasteiger charge is 2.38. The quantitative estimate of drug-likeness (QED) is 0.162. The van der Waals surface area contributed by atoms with E-state index in [1.54, 1.807) is 27.7 Å². The molecule has 0 aromatic carbocycles. The number of carbonyl (C=O) groups is 6. The predicted molar refractivity (Wildman–Crippen MR) is 144 cm³/mol. The second-order valence-corrected chi connectivity index (χ2v) is 11.2. The Hall–Kier alpha value is -3.22. The maximum atomic E-state index is 13.2. The number of nitrogens with one attached hydrogen (secondary N) is 4. The number of hydrogen-bond donors (Lipinski definition) is 6. The second-order valence-electron chi connectivity index (χ2n) is 11.2. The Bertz CT molecular complexity index is 907. The van der Waals surface area contributed by atoms with E-state index in [0.29, 0.717) is 19.4 Å². The van der Waals surface area contributed by atoms with Gasteiger partial charge in [0.05, 0.1) is 12.6 Å². The van der Waals surface area contributed by atoms with Crippen LogP contribution in [0.4, 0.5) is 0 Å². The first-order valence-corrected chi connectivity index (χ1v) is 13.5. The van der Waals surface area contributed by atoms with Crippen molar-refractivity contribution in [2.24, 2.45) is 23.5 Å². The molecule has 0 aromatic rings. The van der Waals surface area contributed by atoms with Crippen molar-refractivity contribution in [1.82, 2.24) is 26.2 Å².